The highest BCUT2D eigenvalue weighted by molar-refractivity contribution is 7.20. The fraction of sp³-hybridized carbons (Fsp3) is 0.190. The van der Waals surface area contributed by atoms with Crippen LogP contribution in [-0.4, -0.2) is 20.5 Å². The molecule has 0 bridgehead atoms. The van der Waals surface area contributed by atoms with Crippen molar-refractivity contribution in [2.24, 2.45) is 0 Å². The first kappa shape index (κ1) is 17.2. The van der Waals surface area contributed by atoms with Crippen molar-refractivity contribution >= 4 is 27.3 Å². The van der Waals surface area contributed by atoms with Gasteiger partial charge in [-0.2, -0.15) is 5.10 Å². The second-order valence-electron chi connectivity index (χ2n) is 7.01. The molecule has 5 rings (SSSR count). The number of rotatable bonds is 2. The first-order valence-corrected chi connectivity index (χ1v) is 9.75. The lowest BCUT2D eigenvalue weighted by molar-refractivity contribution is 0.0963. The van der Waals surface area contributed by atoms with Crippen LogP contribution in [0.2, 0.25) is 0 Å². The van der Waals surface area contributed by atoms with Gasteiger partial charge in [0.1, 0.15) is 11.6 Å². The van der Waals surface area contributed by atoms with Gasteiger partial charge in [-0.25, -0.2) is 18.4 Å². The summed E-state index contributed by atoms with van der Waals surface area (Å²) in [4.78, 5) is 17.5. The summed E-state index contributed by atoms with van der Waals surface area (Å²) >= 11 is 1.50. The largest absolute Gasteiger partial charge is 0.294 e. The maximum atomic E-state index is 13.7. The van der Waals surface area contributed by atoms with E-state index in [1.165, 1.54) is 23.5 Å². The van der Waals surface area contributed by atoms with Crippen LogP contribution in [0.4, 0.5) is 8.78 Å². The number of nitrogens with zero attached hydrogens (tertiary/aromatic N) is 3. The number of halogens is 2. The van der Waals surface area contributed by atoms with Crippen molar-refractivity contribution < 1.29 is 13.6 Å². The van der Waals surface area contributed by atoms with Crippen LogP contribution in [0.15, 0.2) is 42.5 Å². The Morgan fingerprint density at radius 3 is 2.61 bits per heavy atom. The SMILES string of the molecule is Cc1nn(-c2nc3ccccc3s2)c2c1C(=O)CC(c1cc(F)cc(F)c1)C2. The highest BCUT2D eigenvalue weighted by atomic mass is 32.1. The van der Waals surface area contributed by atoms with E-state index >= 15 is 0 Å². The van der Waals surface area contributed by atoms with Gasteiger partial charge in [0.15, 0.2) is 5.78 Å². The number of aryl methyl sites for hydroxylation is 1. The monoisotopic (exact) mass is 395 g/mol. The Hall–Kier alpha value is -2.93. The van der Waals surface area contributed by atoms with Gasteiger partial charge in [0.05, 0.1) is 27.2 Å². The number of thiazole rings is 1. The molecule has 0 N–H and O–H groups in total. The molecule has 0 aliphatic heterocycles. The van der Waals surface area contributed by atoms with Crippen LogP contribution in [-0.2, 0) is 6.42 Å². The molecule has 0 amide bonds. The molecule has 2 aromatic carbocycles. The number of benzene rings is 2. The quantitative estimate of drug-likeness (QED) is 0.481. The number of aromatic nitrogens is 3. The molecule has 0 spiro atoms. The third-order valence-electron chi connectivity index (χ3n) is 5.13. The third-order valence-corrected chi connectivity index (χ3v) is 6.14. The number of fused-ring (bicyclic) bond motifs is 2. The van der Waals surface area contributed by atoms with Crippen LogP contribution in [0.5, 0.6) is 0 Å². The van der Waals surface area contributed by atoms with Crippen molar-refractivity contribution in [2.75, 3.05) is 0 Å². The standard InChI is InChI=1S/C21H15F2N3OS/c1-11-20-17(26(25-11)21-24-16-4-2-3-5-19(16)28-21)8-13(9-18(20)27)12-6-14(22)10-15(23)7-12/h2-7,10,13H,8-9H2,1H3. The molecular weight excluding hydrogens is 380 g/mol. The van der Waals surface area contributed by atoms with Gasteiger partial charge in [-0.15, -0.1) is 0 Å². The molecule has 0 fully saturated rings. The first-order chi connectivity index (χ1) is 13.5. The Bertz CT molecular complexity index is 1190. The van der Waals surface area contributed by atoms with Crippen LogP contribution >= 0.6 is 11.3 Å². The number of carbonyl (C=O) groups excluding carboxylic acids is 1. The maximum Gasteiger partial charge on any atom is 0.211 e. The summed E-state index contributed by atoms with van der Waals surface area (Å²) in [5.41, 5.74) is 3.37. The van der Waals surface area contributed by atoms with Gasteiger partial charge >= 0.3 is 0 Å². The van der Waals surface area contributed by atoms with Gasteiger partial charge < -0.3 is 0 Å². The van der Waals surface area contributed by atoms with Crippen molar-refractivity contribution in [3.8, 4) is 5.13 Å². The molecule has 1 atom stereocenters. The summed E-state index contributed by atoms with van der Waals surface area (Å²) in [5.74, 6) is -1.62. The van der Waals surface area contributed by atoms with E-state index in [9.17, 15) is 13.6 Å². The van der Waals surface area contributed by atoms with Gasteiger partial charge in [-0.05, 0) is 49.1 Å². The molecule has 2 heterocycles. The van der Waals surface area contributed by atoms with E-state index in [0.717, 1.165) is 22.0 Å². The second-order valence-corrected chi connectivity index (χ2v) is 8.02. The Balaban J connectivity index is 1.62. The average Bonchev–Trinajstić information content (AvgIpc) is 3.22. The highest BCUT2D eigenvalue weighted by Crippen LogP contribution is 2.36. The zero-order chi connectivity index (χ0) is 19.4. The average molecular weight is 395 g/mol. The zero-order valence-corrected chi connectivity index (χ0v) is 15.8. The summed E-state index contributed by atoms with van der Waals surface area (Å²) in [6.45, 7) is 1.81. The number of Topliss-reactive ketones (excluding diaryl/α,β-unsaturated/α-hetero) is 1. The molecule has 2 aromatic heterocycles. The summed E-state index contributed by atoms with van der Waals surface area (Å²) in [6, 6.07) is 11.2. The molecule has 4 nitrogen and oxygen atoms in total. The van der Waals surface area contributed by atoms with E-state index < -0.39 is 11.6 Å². The fourth-order valence-electron chi connectivity index (χ4n) is 3.91. The Labute approximate surface area is 163 Å². The van der Waals surface area contributed by atoms with Crippen LogP contribution in [0.25, 0.3) is 15.3 Å². The van der Waals surface area contributed by atoms with Crippen LogP contribution in [0, 0.1) is 18.6 Å². The molecule has 28 heavy (non-hydrogen) atoms. The normalized spacial score (nSPS) is 16.5. The minimum absolute atomic E-state index is 0.0548. The van der Waals surface area contributed by atoms with Gasteiger partial charge in [0.25, 0.3) is 0 Å². The number of para-hydroxylation sites is 1. The summed E-state index contributed by atoms with van der Waals surface area (Å²) in [6.07, 6.45) is 0.684. The summed E-state index contributed by atoms with van der Waals surface area (Å²) in [7, 11) is 0. The van der Waals surface area contributed by atoms with Crippen molar-refractivity contribution in [1.82, 2.24) is 14.8 Å². The minimum Gasteiger partial charge on any atom is -0.294 e. The molecule has 4 aromatic rings. The van der Waals surface area contributed by atoms with Crippen LogP contribution in [0.1, 0.15) is 39.6 Å². The van der Waals surface area contributed by atoms with Gasteiger partial charge in [-0.3, -0.25) is 4.79 Å². The second kappa shape index (κ2) is 6.31. The zero-order valence-electron chi connectivity index (χ0n) is 14.9. The van der Waals surface area contributed by atoms with Crippen LogP contribution in [0.3, 0.4) is 0 Å². The van der Waals surface area contributed by atoms with Gasteiger partial charge in [0.2, 0.25) is 5.13 Å². The molecular formula is C21H15F2N3OS. The van der Waals surface area contributed by atoms with Gasteiger partial charge in [-0.1, -0.05) is 23.5 Å². The predicted octanol–water partition coefficient (Wildman–Crippen LogP) is 4.98. The lowest BCUT2D eigenvalue weighted by Gasteiger charge is -2.22. The van der Waals surface area contributed by atoms with Crippen molar-refractivity contribution in [3.05, 3.63) is 76.6 Å². The summed E-state index contributed by atoms with van der Waals surface area (Å²) in [5, 5.41) is 5.25. The van der Waals surface area contributed by atoms with Gasteiger partial charge in [0, 0.05) is 12.5 Å². The van der Waals surface area contributed by atoms with E-state index in [0.29, 0.717) is 28.4 Å². The van der Waals surface area contributed by atoms with Crippen molar-refractivity contribution in [2.45, 2.75) is 25.7 Å². The predicted molar refractivity (Wildman–Crippen MR) is 103 cm³/mol. The van der Waals surface area contributed by atoms with Crippen molar-refractivity contribution in [1.29, 1.82) is 0 Å². The lowest BCUT2D eigenvalue weighted by atomic mass is 9.81. The summed E-state index contributed by atoms with van der Waals surface area (Å²) < 4.78 is 30.1. The fourth-order valence-corrected chi connectivity index (χ4v) is 4.86. The molecule has 1 aliphatic rings. The number of carbonyl (C=O) groups is 1. The van der Waals surface area contributed by atoms with E-state index in [1.54, 1.807) is 4.68 Å². The molecule has 0 saturated heterocycles. The number of hydrogen-bond acceptors (Lipinski definition) is 4. The van der Waals surface area contributed by atoms with Crippen molar-refractivity contribution in [3.63, 3.8) is 0 Å². The molecule has 0 saturated carbocycles. The molecule has 7 heteroatoms. The smallest absolute Gasteiger partial charge is 0.211 e. The Kier molecular flexibility index (Phi) is 3.87. The van der Waals surface area contributed by atoms with Crippen LogP contribution < -0.4 is 0 Å². The lowest BCUT2D eigenvalue weighted by Crippen LogP contribution is -2.20. The highest BCUT2D eigenvalue weighted by Gasteiger charge is 2.33. The maximum absolute atomic E-state index is 13.7. The molecule has 0 radical (unpaired) electrons. The topological polar surface area (TPSA) is 47.8 Å². The number of hydrogen-bond donors (Lipinski definition) is 0. The Morgan fingerprint density at radius 1 is 1.11 bits per heavy atom. The van der Waals surface area contributed by atoms with E-state index in [2.05, 4.69) is 10.1 Å². The van der Waals surface area contributed by atoms with E-state index in [4.69, 9.17) is 0 Å². The molecule has 1 aliphatic carbocycles. The van der Waals surface area contributed by atoms with E-state index in [1.807, 2.05) is 31.2 Å². The first-order valence-electron chi connectivity index (χ1n) is 8.93. The minimum atomic E-state index is -0.635. The Morgan fingerprint density at radius 2 is 1.86 bits per heavy atom. The third kappa shape index (κ3) is 2.74. The number of ketones is 1. The molecule has 1 unspecified atom stereocenters. The molecule has 140 valence electrons. The van der Waals surface area contributed by atoms with E-state index in [-0.39, 0.29) is 18.1 Å².